The topological polar surface area (TPSA) is 76.8 Å². The Kier molecular flexibility index (Phi) is 6.02. The maximum Gasteiger partial charge on any atom is 0.176 e. The summed E-state index contributed by atoms with van der Waals surface area (Å²) in [7, 11) is 0. The molecule has 2 aromatic carbocycles. The van der Waals surface area contributed by atoms with Gasteiger partial charge in [0.05, 0.1) is 23.9 Å². The lowest BCUT2D eigenvalue weighted by Crippen LogP contribution is -2.37. The van der Waals surface area contributed by atoms with Crippen molar-refractivity contribution in [3.63, 3.8) is 0 Å². The average Bonchev–Trinajstić information content (AvgIpc) is 3.50. The Morgan fingerprint density at radius 2 is 2.11 bits per heavy atom. The Bertz CT molecular complexity index is 1290. The monoisotopic (exact) mass is 497 g/mol. The van der Waals surface area contributed by atoms with Gasteiger partial charge in [-0.1, -0.05) is 0 Å². The summed E-state index contributed by atoms with van der Waals surface area (Å²) in [4.78, 5) is 15.1. The van der Waals surface area contributed by atoms with Crippen LogP contribution in [-0.4, -0.2) is 63.5 Å². The quantitative estimate of drug-likeness (QED) is 0.517. The molecule has 1 N–H and O–H groups in total. The van der Waals surface area contributed by atoms with Crippen LogP contribution in [-0.2, 0) is 4.74 Å². The minimum atomic E-state index is -0.994. The Balaban J connectivity index is 1.08. The highest BCUT2D eigenvalue weighted by molar-refractivity contribution is 6.00. The highest BCUT2D eigenvalue weighted by Gasteiger charge is 2.53. The molecular formula is C27H29F2N3O4. The molecular weight excluding hydrogens is 468 g/mol. The fraction of sp³-hybridized carbons (Fsp3) is 0.481. The number of ether oxygens (including phenoxy) is 2. The number of hydrogen-bond donors (Lipinski definition) is 1. The number of ketones is 1. The average molecular weight is 498 g/mol. The summed E-state index contributed by atoms with van der Waals surface area (Å²) in [5.41, 5.74) is 0.572. The van der Waals surface area contributed by atoms with Crippen molar-refractivity contribution in [2.24, 2.45) is 5.92 Å². The Morgan fingerprint density at radius 1 is 1.22 bits per heavy atom. The van der Waals surface area contributed by atoms with Crippen molar-refractivity contribution in [1.29, 1.82) is 0 Å². The zero-order valence-corrected chi connectivity index (χ0v) is 19.9. The van der Waals surface area contributed by atoms with Crippen LogP contribution in [0, 0.1) is 17.6 Å². The number of aromatic nitrogens is 2. The first-order valence-electron chi connectivity index (χ1n) is 12.6. The molecule has 1 aromatic heterocycles. The van der Waals surface area contributed by atoms with Crippen LogP contribution in [0.25, 0.3) is 10.9 Å². The molecule has 190 valence electrons. The second kappa shape index (κ2) is 9.21. The van der Waals surface area contributed by atoms with Gasteiger partial charge in [-0.15, -0.1) is 0 Å². The van der Waals surface area contributed by atoms with Gasteiger partial charge in [0.1, 0.15) is 11.9 Å². The van der Waals surface area contributed by atoms with E-state index in [0.29, 0.717) is 31.5 Å². The summed E-state index contributed by atoms with van der Waals surface area (Å²) in [5.74, 6) is -1.50. The van der Waals surface area contributed by atoms with Crippen LogP contribution in [0.5, 0.6) is 5.75 Å². The van der Waals surface area contributed by atoms with Crippen molar-refractivity contribution < 1.29 is 28.2 Å². The van der Waals surface area contributed by atoms with Crippen LogP contribution < -0.4 is 4.74 Å². The Labute approximate surface area is 207 Å². The molecule has 3 fully saturated rings. The van der Waals surface area contributed by atoms with Gasteiger partial charge in [0.15, 0.2) is 23.6 Å². The van der Waals surface area contributed by atoms with E-state index in [1.165, 1.54) is 6.07 Å². The van der Waals surface area contributed by atoms with Crippen LogP contribution >= 0.6 is 0 Å². The summed E-state index contributed by atoms with van der Waals surface area (Å²) in [6, 6.07) is 8.85. The zero-order chi connectivity index (χ0) is 24.9. The fourth-order valence-corrected chi connectivity index (χ4v) is 6.01. The second-order valence-electron chi connectivity index (χ2n) is 10.3. The fourth-order valence-electron chi connectivity index (χ4n) is 6.01. The van der Waals surface area contributed by atoms with Gasteiger partial charge in [-0.25, -0.2) is 13.5 Å². The third kappa shape index (κ3) is 4.40. The molecule has 6 rings (SSSR count). The first-order chi connectivity index (χ1) is 17.4. The van der Waals surface area contributed by atoms with Crippen molar-refractivity contribution in [2.45, 2.75) is 50.0 Å². The van der Waals surface area contributed by atoms with Crippen molar-refractivity contribution >= 4 is 16.7 Å². The molecule has 3 heterocycles. The van der Waals surface area contributed by atoms with E-state index in [9.17, 15) is 18.7 Å². The molecule has 2 saturated heterocycles. The molecule has 7 nitrogen and oxygen atoms in total. The van der Waals surface area contributed by atoms with Gasteiger partial charge in [-0.05, 0) is 56.0 Å². The molecule has 4 atom stereocenters. The smallest absolute Gasteiger partial charge is 0.176 e. The van der Waals surface area contributed by atoms with Crippen LogP contribution in [0.3, 0.4) is 0 Å². The largest absolute Gasteiger partial charge is 0.487 e. The standard InChI is InChI=1S/C27H29F2N3O4/c28-20-5-7-25(22(29)11-20)36-21-10-19-14-31(16-27(19,34)12-21)15-24(33)17-4-6-23-18(9-17)13-30-32(23)26-3-1-2-8-35-26/h4-7,9,11,13,19,21,26,34H,1-3,8,10,12,14-16H2/t19-,21+,26?,27-/m1/s1. The van der Waals surface area contributed by atoms with Gasteiger partial charge in [-0.3, -0.25) is 9.69 Å². The van der Waals surface area contributed by atoms with Crippen molar-refractivity contribution in [2.75, 3.05) is 26.2 Å². The number of hydrogen-bond acceptors (Lipinski definition) is 6. The van der Waals surface area contributed by atoms with E-state index in [1.807, 2.05) is 27.8 Å². The number of carbonyl (C=O) groups is 1. The highest BCUT2D eigenvalue weighted by atomic mass is 19.1. The van der Waals surface area contributed by atoms with Gasteiger partial charge in [-0.2, -0.15) is 5.10 Å². The van der Waals surface area contributed by atoms with Gasteiger partial charge in [0, 0.05) is 49.1 Å². The number of fused-ring (bicyclic) bond motifs is 2. The summed E-state index contributed by atoms with van der Waals surface area (Å²) < 4.78 is 40.6. The number of likely N-dealkylation sites (tertiary alicyclic amines) is 1. The summed E-state index contributed by atoms with van der Waals surface area (Å²) in [6.07, 6.45) is 5.36. The van der Waals surface area contributed by atoms with E-state index in [-0.39, 0.29) is 36.3 Å². The molecule has 0 amide bonds. The lowest BCUT2D eigenvalue weighted by molar-refractivity contribution is -0.0366. The summed E-state index contributed by atoms with van der Waals surface area (Å²) >= 11 is 0. The molecule has 9 heteroatoms. The lowest BCUT2D eigenvalue weighted by Gasteiger charge is -2.23. The van der Waals surface area contributed by atoms with Crippen molar-refractivity contribution in [3.05, 3.63) is 59.8 Å². The normalized spacial score (nSPS) is 28.5. The van der Waals surface area contributed by atoms with E-state index in [2.05, 4.69) is 5.10 Å². The predicted molar refractivity (Wildman–Crippen MR) is 128 cm³/mol. The van der Waals surface area contributed by atoms with Crippen LogP contribution in [0.4, 0.5) is 8.78 Å². The summed E-state index contributed by atoms with van der Waals surface area (Å²) in [6.45, 7) is 1.87. The van der Waals surface area contributed by atoms with Crippen molar-refractivity contribution in [1.82, 2.24) is 14.7 Å². The minimum Gasteiger partial charge on any atom is -0.487 e. The lowest BCUT2D eigenvalue weighted by atomic mass is 9.95. The molecule has 0 radical (unpaired) electrons. The van der Waals surface area contributed by atoms with Gasteiger partial charge >= 0.3 is 0 Å². The SMILES string of the molecule is O=C(CN1C[C@H]2C[C@H](Oc3ccc(F)cc3F)C[C@@]2(O)C1)c1ccc2c(cnn2C2CCCCO2)c1. The van der Waals surface area contributed by atoms with E-state index < -0.39 is 17.2 Å². The van der Waals surface area contributed by atoms with E-state index in [0.717, 1.165) is 48.9 Å². The first-order valence-corrected chi connectivity index (χ1v) is 12.6. The maximum atomic E-state index is 14.0. The number of rotatable bonds is 6. The Morgan fingerprint density at radius 3 is 2.89 bits per heavy atom. The first kappa shape index (κ1) is 23.5. The maximum absolute atomic E-state index is 14.0. The number of carbonyl (C=O) groups excluding carboxylic acids is 1. The number of aliphatic hydroxyl groups is 1. The molecule has 2 aliphatic heterocycles. The highest BCUT2D eigenvalue weighted by Crippen LogP contribution is 2.43. The molecule has 1 saturated carbocycles. The van der Waals surface area contributed by atoms with Gasteiger partial charge in [0.2, 0.25) is 0 Å². The van der Waals surface area contributed by atoms with Crippen LogP contribution in [0.2, 0.25) is 0 Å². The predicted octanol–water partition coefficient (Wildman–Crippen LogP) is 4.10. The molecule has 1 unspecified atom stereocenters. The molecule has 36 heavy (non-hydrogen) atoms. The number of halogens is 2. The Hall–Kier alpha value is -2.88. The zero-order valence-electron chi connectivity index (χ0n) is 19.9. The third-order valence-electron chi connectivity index (χ3n) is 7.77. The molecule has 3 aliphatic rings. The molecule has 3 aromatic rings. The van der Waals surface area contributed by atoms with Crippen LogP contribution in [0.15, 0.2) is 42.6 Å². The summed E-state index contributed by atoms with van der Waals surface area (Å²) in [5, 5.41) is 16.6. The number of benzene rings is 2. The minimum absolute atomic E-state index is 0.00855. The van der Waals surface area contributed by atoms with Gasteiger partial charge in [0.25, 0.3) is 0 Å². The number of Topliss-reactive ketones (excluding diaryl/α,β-unsaturated/α-hetero) is 1. The molecule has 1 aliphatic carbocycles. The number of β-amino-alcohol motifs (C(OH)–C–C–N with tert-alkyl or cyclic N) is 1. The second-order valence-corrected chi connectivity index (χ2v) is 10.3. The van der Waals surface area contributed by atoms with Crippen molar-refractivity contribution in [3.8, 4) is 5.75 Å². The van der Waals surface area contributed by atoms with E-state index in [4.69, 9.17) is 9.47 Å². The van der Waals surface area contributed by atoms with E-state index >= 15 is 0 Å². The third-order valence-corrected chi connectivity index (χ3v) is 7.77. The van der Waals surface area contributed by atoms with Gasteiger partial charge < -0.3 is 14.6 Å². The van der Waals surface area contributed by atoms with Crippen LogP contribution in [0.1, 0.15) is 48.7 Å². The van der Waals surface area contributed by atoms with E-state index in [1.54, 1.807) is 6.20 Å². The molecule has 0 bridgehead atoms. The number of nitrogens with zero attached hydrogens (tertiary/aromatic N) is 3. The molecule has 0 spiro atoms.